The van der Waals surface area contributed by atoms with Crippen molar-refractivity contribution in [2.24, 2.45) is 0 Å². The van der Waals surface area contributed by atoms with E-state index >= 15 is 0 Å². The van der Waals surface area contributed by atoms with Crippen molar-refractivity contribution in [1.29, 1.82) is 5.26 Å². The van der Waals surface area contributed by atoms with E-state index in [4.69, 9.17) is 10.7 Å². The number of halogens is 1. The quantitative estimate of drug-likeness (QED) is 0.409. The Morgan fingerprint density at radius 1 is 1.12 bits per heavy atom. The lowest BCUT2D eigenvalue weighted by molar-refractivity contribution is 0.629. The van der Waals surface area contributed by atoms with Gasteiger partial charge in [-0.1, -0.05) is 6.07 Å². The Labute approximate surface area is 193 Å². The van der Waals surface area contributed by atoms with Crippen LogP contribution in [-0.2, 0) is 0 Å². The molecule has 0 aliphatic carbocycles. The normalized spacial score (nSPS) is 11.8. The van der Waals surface area contributed by atoms with Crippen molar-refractivity contribution in [1.82, 2.24) is 29.5 Å². The molecule has 0 radical (unpaired) electrons. The van der Waals surface area contributed by atoms with Crippen molar-refractivity contribution in [3.05, 3.63) is 84.6 Å². The fourth-order valence-corrected chi connectivity index (χ4v) is 3.74. The van der Waals surface area contributed by atoms with Gasteiger partial charge >= 0.3 is 0 Å². The van der Waals surface area contributed by atoms with Gasteiger partial charge < -0.3 is 11.1 Å². The molecule has 166 valence electrons. The maximum Gasteiger partial charge on any atom is 0.150 e. The van der Waals surface area contributed by atoms with Crippen LogP contribution in [0, 0.1) is 17.1 Å². The van der Waals surface area contributed by atoms with Gasteiger partial charge in [-0.3, -0.25) is 14.5 Å². The molecule has 5 aromatic rings. The average molecular weight is 451 g/mol. The van der Waals surface area contributed by atoms with Crippen molar-refractivity contribution in [2.45, 2.75) is 13.0 Å². The minimum atomic E-state index is -0.435. The van der Waals surface area contributed by atoms with Crippen molar-refractivity contribution >= 4 is 22.7 Å². The number of nitrogens with one attached hydrogen (secondary N) is 1. The number of pyridine rings is 2. The molecule has 0 fully saturated rings. The summed E-state index contributed by atoms with van der Waals surface area (Å²) in [5, 5.41) is 12.7. The number of nitrogen functional groups attached to an aromatic ring is 1. The Morgan fingerprint density at radius 2 is 2.00 bits per heavy atom. The van der Waals surface area contributed by atoms with E-state index in [0.29, 0.717) is 22.5 Å². The highest BCUT2D eigenvalue weighted by Crippen LogP contribution is 2.30. The maximum absolute atomic E-state index is 14.2. The Hall–Kier alpha value is -4.91. The topological polar surface area (TPSA) is 131 Å². The van der Waals surface area contributed by atoms with Crippen molar-refractivity contribution < 1.29 is 4.39 Å². The van der Waals surface area contributed by atoms with Gasteiger partial charge in [0.15, 0.2) is 0 Å². The molecule has 1 unspecified atom stereocenters. The zero-order valence-electron chi connectivity index (χ0n) is 18.0. The van der Waals surface area contributed by atoms with Crippen LogP contribution in [0.15, 0.2) is 67.4 Å². The fraction of sp³-hybridized carbons (Fsp3) is 0.0833. The molecule has 34 heavy (non-hydrogen) atoms. The standard InChI is InChI=1S/C24H18FN9/c1-14(32-23-18(10-26)22(27)30-13-31-23)24-33-20-6-5-16(25)9-21(20)34(24)17-8-15(11-28-12-17)19-4-2-3-7-29-19/h2-9,11-14H,1H3,(H3,27,30,31,32). The van der Waals surface area contributed by atoms with E-state index in [1.54, 1.807) is 24.7 Å². The molecule has 0 bridgehead atoms. The third kappa shape index (κ3) is 3.75. The smallest absolute Gasteiger partial charge is 0.150 e. The first-order valence-electron chi connectivity index (χ1n) is 10.4. The monoisotopic (exact) mass is 451 g/mol. The number of hydrogen-bond donors (Lipinski definition) is 2. The molecule has 0 amide bonds. The number of anilines is 2. The minimum Gasteiger partial charge on any atom is -0.382 e. The first-order chi connectivity index (χ1) is 16.5. The Bertz CT molecular complexity index is 1540. The minimum absolute atomic E-state index is 0.0787. The number of aromatic nitrogens is 6. The van der Waals surface area contributed by atoms with Gasteiger partial charge in [0, 0.05) is 24.0 Å². The fourth-order valence-electron chi connectivity index (χ4n) is 3.74. The van der Waals surface area contributed by atoms with Gasteiger partial charge in [-0.25, -0.2) is 19.3 Å². The largest absolute Gasteiger partial charge is 0.382 e. The van der Waals surface area contributed by atoms with Crippen LogP contribution in [0.5, 0.6) is 0 Å². The predicted octanol–water partition coefficient (Wildman–Crippen LogP) is 4.04. The second kappa shape index (κ2) is 8.55. The van der Waals surface area contributed by atoms with E-state index in [9.17, 15) is 9.65 Å². The SMILES string of the molecule is CC(Nc1ncnc(N)c1C#N)c1nc2ccc(F)cc2n1-c1cncc(-c2ccccn2)c1. The Morgan fingerprint density at radius 3 is 2.79 bits per heavy atom. The van der Waals surface area contributed by atoms with Gasteiger partial charge in [-0.05, 0) is 37.3 Å². The summed E-state index contributed by atoms with van der Waals surface area (Å²) in [6, 6.07) is 13.5. The van der Waals surface area contributed by atoms with E-state index < -0.39 is 6.04 Å². The molecular formula is C24H18FN9. The van der Waals surface area contributed by atoms with Crippen molar-refractivity contribution in [3.63, 3.8) is 0 Å². The highest BCUT2D eigenvalue weighted by Gasteiger charge is 2.21. The molecule has 0 saturated carbocycles. The number of benzene rings is 1. The Balaban J connectivity index is 1.65. The van der Waals surface area contributed by atoms with E-state index in [1.165, 1.54) is 18.5 Å². The van der Waals surface area contributed by atoms with Crippen LogP contribution in [0.4, 0.5) is 16.0 Å². The van der Waals surface area contributed by atoms with Crippen LogP contribution in [-0.4, -0.2) is 29.5 Å². The van der Waals surface area contributed by atoms with Crippen molar-refractivity contribution in [3.8, 4) is 23.0 Å². The third-order valence-corrected chi connectivity index (χ3v) is 5.31. The van der Waals surface area contributed by atoms with E-state index in [0.717, 1.165) is 11.3 Å². The molecule has 0 aliphatic heterocycles. The number of rotatable bonds is 5. The first kappa shape index (κ1) is 21.0. The zero-order valence-corrected chi connectivity index (χ0v) is 18.0. The number of hydrogen-bond acceptors (Lipinski definition) is 8. The Kier molecular flexibility index (Phi) is 5.27. The number of fused-ring (bicyclic) bond motifs is 1. The molecule has 0 spiro atoms. The molecular weight excluding hydrogens is 433 g/mol. The molecule has 0 aliphatic rings. The van der Waals surface area contributed by atoms with E-state index in [-0.39, 0.29) is 23.0 Å². The zero-order chi connectivity index (χ0) is 23.7. The van der Waals surface area contributed by atoms with Crippen LogP contribution < -0.4 is 11.1 Å². The number of nitrogens with zero attached hydrogens (tertiary/aromatic N) is 7. The van der Waals surface area contributed by atoms with Gasteiger partial charge in [-0.2, -0.15) is 5.26 Å². The summed E-state index contributed by atoms with van der Waals surface area (Å²) in [4.78, 5) is 21.5. The lowest BCUT2D eigenvalue weighted by Gasteiger charge is -2.18. The molecule has 3 N–H and O–H groups in total. The molecule has 0 saturated heterocycles. The molecule has 1 aromatic carbocycles. The van der Waals surface area contributed by atoms with Crippen LogP contribution in [0.1, 0.15) is 24.4 Å². The van der Waals surface area contributed by atoms with Gasteiger partial charge in [0.25, 0.3) is 0 Å². The summed E-state index contributed by atoms with van der Waals surface area (Å²) in [5.41, 5.74) is 9.40. The summed E-state index contributed by atoms with van der Waals surface area (Å²) in [7, 11) is 0. The maximum atomic E-state index is 14.2. The van der Waals surface area contributed by atoms with Crippen LogP contribution in [0.3, 0.4) is 0 Å². The molecule has 4 heterocycles. The van der Waals surface area contributed by atoms with Gasteiger partial charge in [0.2, 0.25) is 0 Å². The highest BCUT2D eigenvalue weighted by molar-refractivity contribution is 5.79. The highest BCUT2D eigenvalue weighted by atomic mass is 19.1. The second-order valence-corrected chi connectivity index (χ2v) is 7.55. The van der Waals surface area contributed by atoms with Gasteiger partial charge in [0.1, 0.15) is 41.2 Å². The van der Waals surface area contributed by atoms with Crippen molar-refractivity contribution in [2.75, 3.05) is 11.1 Å². The van der Waals surface area contributed by atoms with E-state index in [2.05, 4.69) is 25.3 Å². The summed E-state index contributed by atoms with van der Waals surface area (Å²) in [6.07, 6.45) is 6.39. The number of imidazole rings is 1. The molecule has 1 atom stereocenters. The van der Waals surface area contributed by atoms with Crippen LogP contribution in [0.2, 0.25) is 0 Å². The molecule has 10 heteroatoms. The van der Waals surface area contributed by atoms with Gasteiger partial charge in [0.05, 0.1) is 34.7 Å². The lowest BCUT2D eigenvalue weighted by atomic mass is 10.1. The summed E-state index contributed by atoms with van der Waals surface area (Å²) >= 11 is 0. The van der Waals surface area contributed by atoms with Crippen LogP contribution in [0.25, 0.3) is 28.0 Å². The third-order valence-electron chi connectivity index (χ3n) is 5.31. The molecule has 4 aromatic heterocycles. The summed E-state index contributed by atoms with van der Waals surface area (Å²) in [5.74, 6) is 0.550. The number of nitriles is 1. The first-order valence-corrected chi connectivity index (χ1v) is 10.4. The number of nitrogens with two attached hydrogens (primary N) is 1. The predicted molar refractivity (Wildman–Crippen MR) is 125 cm³/mol. The molecule has 9 nitrogen and oxygen atoms in total. The van der Waals surface area contributed by atoms with Gasteiger partial charge in [-0.15, -0.1) is 0 Å². The average Bonchev–Trinajstić information content (AvgIpc) is 3.24. The second-order valence-electron chi connectivity index (χ2n) is 7.55. The van der Waals surface area contributed by atoms with Crippen LogP contribution >= 0.6 is 0 Å². The lowest BCUT2D eigenvalue weighted by Crippen LogP contribution is -2.15. The summed E-state index contributed by atoms with van der Waals surface area (Å²) in [6.45, 7) is 1.86. The van der Waals surface area contributed by atoms with E-state index in [1.807, 2.05) is 41.8 Å². The summed E-state index contributed by atoms with van der Waals surface area (Å²) < 4.78 is 16.1. The molecule has 5 rings (SSSR count).